The monoisotopic (exact) mass is 65.0 g/mol. The third-order valence-electron chi connectivity index (χ3n) is 0.372. The fourth-order valence-corrected chi connectivity index (χ4v) is 0.192. The van der Waals surface area contributed by atoms with Crippen molar-refractivity contribution in [2.45, 2.75) is 0 Å². The van der Waals surface area contributed by atoms with Crippen molar-refractivity contribution in [2.24, 2.45) is 9.90 Å². The van der Waals surface area contributed by atoms with Crippen molar-refractivity contribution in [1.82, 2.24) is 0 Å². The smallest absolute Gasteiger partial charge is 0.326 e. The third kappa shape index (κ3) is 0.346. The Balaban J connectivity index is 2.61. The van der Waals surface area contributed by atoms with Gasteiger partial charge in [0.1, 0.15) is 0 Å². The van der Waals surface area contributed by atoms with E-state index < -0.39 is 0 Å². The molecule has 0 saturated heterocycles. The predicted molar refractivity (Wildman–Crippen MR) is 22.7 cm³/mol. The van der Waals surface area contributed by atoms with Gasteiger partial charge in [0.05, 0.1) is 6.34 Å². The molecule has 0 saturated carbocycles. The largest absolute Gasteiger partial charge is 0.332 e. The summed E-state index contributed by atoms with van der Waals surface area (Å²) in [5.74, 6) is 0. The molecule has 0 fully saturated rings. The summed E-state index contributed by atoms with van der Waals surface area (Å²) >= 11 is 0. The summed E-state index contributed by atoms with van der Waals surface area (Å²) in [6.07, 6.45) is 3.14. The molecule has 1 heterocycles. The van der Waals surface area contributed by atoms with Crippen LogP contribution in [0, 0.1) is 0 Å². The summed E-state index contributed by atoms with van der Waals surface area (Å²) in [4.78, 5) is 7.22. The van der Waals surface area contributed by atoms with Crippen molar-refractivity contribution in [3.63, 3.8) is 0 Å². The quantitative estimate of drug-likeness (QED) is 0.345. The highest BCUT2D eigenvalue weighted by Gasteiger charge is 1.79. The van der Waals surface area contributed by atoms with E-state index in [4.69, 9.17) is 0 Å². The first-order valence-electron chi connectivity index (χ1n) is 1.37. The molecule has 0 aromatic heterocycles. The van der Waals surface area contributed by atoms with Crippen LogP contribution in [-0.4, -0.2) is 19.9 Å². The van der Waals surface area contributed by atoms with Crippen LogP contribution in [0.4, 0.5) is 0 Å². The molecule has 0 aromatic rings. The number of hydrogen-bond acceptors (Lipinski definition) is 2. The molecule has 3 heteroatoms. The van der Waals surface area contributed by atoms with Crippen molar-refractivity contribution >= 4 is 19.9 Å². The Hall–Kier alpha value is -0.595. The predicted octanol–water partition coefficient (Wildman–Crippen LogP) is -0.324. The molecule has 0 aliphatic carbocycles. The average molecular weight is 64.9 g/mol. The van der Waals surface area contributed by atoms with E-state index in [-0.39, 0.29) is 0 Å². The lowest BCUT2D eigenvalue weighted by Crippen LogP contribution is -1.74. The lowest BCUT2D eigenvalue weighted by molar-refractivity contribution is 1.81. The van der Waals surface area contributed by atoms with Gasteiger partial charge < -0.3 is 4.90 Å². The normalized spacial score (nSPS) is 16.0. The van der Waals surface area contributed by atoms with E-state index in [0.29, 0.717) is 0 Å². The lowest BCUT2D eigenvalue weighted by atomic mass is 10.0. The Bertz CT molecular complexity index is 65.7. The highest BCUT2D eigenvalue weighted by Crippen LogP contribution is 1.67. The zero-order chi connectivity index (χ0) is 3.54. The van der Waals surface area contributed by atoms with Crippen LogP contribution >= 0.6 is 0 Å². The SMILES string of the molecule is [B]1C=NC=N1. The van der Waals surface area contributed by atoms with E-state index in [1.165, 1.54) is 6.34 Å². The van der Waals surface area contributed by atoms with E-state index >= 15 is 0 Å². The van der Waals surface area contributed by atoms with Crippen LogP contribution < -0.4 is 0 Å². The fraction of sp³-hybridized carbons (Fsp3) is 0. The maximum Gasteiger partial charge on any atom is 0.326 e. The Labute approximate surface area is 30.9 Å². The van der Waals surface area contributed by atoms with Crippen LogP contribution in [0.5, 0.6) is 0 Å². The molecule has 1 aliphatic heterocycles. The third-order valence-corrected chi connectivity index (χ3v) is 0.372. The first-order chi connectivity index (χ1) is 2.50. The molecule has 23 valence electrons. The topological polar surface area (TPSA) is 24.7 Å². The van der Waals surface area contributed by atoms with Crippen LogP contribution in [0.25, 0.3) is 0 Å². The van der Waals surface area contributed by atoms with Gasteiger partial charge in [0, 0.05) is 0 Å². The number of rotatable bonds is 0. The molecule has 1 radical (unpaired) electrons. The number of hydrogen-bond donors (Lipinski definition) is 0. The summed E-state index contributed by atoms with van der Waals surface area (Å²) in [7, 11) is 1.64. The molecule has 1 rings (SSSR count). The Morgan fingerprint density at radius 3 is 2.80 bits per heavy atom. The lowest BCUT2D eigenvalue weighted by Gasteiger charge is -1.51. The second-order valence-corrected chi connectivity index (χ2v) is 0.712. The molecule has 0 amide bonds. The van der Waals surface area contributed by atoms with E-state index in [9.17, 15) is 0 Å². The Morgan fingerprint density at radius 2 is 2.60 bits per heavy atom. The molecular formula is C2H2BN2. The van der Waals surface area contributed by atoms with Crippen molar-refractivity contribution in [3.8, 4) is 0 Å². The Morgan fingerprint density at radius 1 is 1.60 bits per heavy atom. The minimum absolute atomic E-state index is 1.50. The number of aliphatic imine (C=N–C) groups is 1. The van der Waals surface area contributed by atoms with Gasteiger partial charge >= 0.3 is 7.41 Å². The Kier molecular flexibility index (Phi) is 0.534. The van der Waals surface area contributed by atoms with Gasteiger partial charge in [-0.1, -0.05) is 0 Å². The first kappa shape index (κ1) is 2.63. The van der Waals surface area contributed by atoms with E-state index in [2.05, 4.69) is 9.90 Å². The molecule has 0 unspecified atom stereocenters. The molecule has 0 spiro atoms. The van der Waals surface area contributed by atoms with Crippen molar-refractivity contribution in [3.05, 3.63) is 0 Å². The summed E-state index contributed by atoms with van der Waals surface area (Å²) < 4.78 is 0. The van der Waals surface area contributed by atoms with Gasteiger partial charge in [-0.05, 0) is 6.11 Å². The summed E-state index contributed by atoms with van der Waals surface area (Å²) in [6, 6.07) is 0. The van der Waals surface area contributed by atoms with Crippen LogP contribution in [0.3, 0.4) is 0 Å². The van der Waals surface area contributed by atoms with Gasteiger partial charge in [-0.2, -0.15) is 0 Å². The van der Waals surface area contributed by atoms with Crippen molar-refractivity contribution in [1.29, 1.82) is 0 Å². The van der Waals surface area contributed by atoms with E-state index in [1.54, 1.807) is 13.5 Å². The maximum atomic E-state index is 3.61. The molecular weight excluding hydrogens is 62.8 g/mol. The zero-order valence-corrected chi connectivity index (χ0v) is 2.63. The van der Waals surface area contributed by atoms with Gasteiger partial charge in [0.2, 0.25) is 0 Å². The average Bonchev–Trinajstić information content (AvgIpc) is 1.76. The molecule has 0 bridgehead atoms. The van der Waals surface area contributed by atoms with Gasteiger partial charge in [0.25, 0.3) is 0 Å². The summed E-state index contributed by atoms with van der Waals surface area (Å²) in [5, 5.41) is 0. The minimum atomic E-state index is 1.50. The molecule has 2 nitrogen and oxygen atoms in total. The highest BCUT2D eigenvalue weighted by molar-refractivity contribution is 6.69. The van der Waals surface area contributed by atoms with Crippen molar-refractivity contribution < 1.29 is 0 Å². The van der Waals surface area contributed by atoms with Crippen LogP contribution in [0.2, 0.25) is 0 Å². The van der Waals surface area contributed by atoms with E-state index in [0.717, 1.165) is 0 Å². The highest BCUT2D eigenvalue weighted by atomic mass is 14.8. The summed E-state index contributed by atoms with van der Waals surface area (Å²) in [6.45, 7) is 0. The second-order valence-electron chi connectivity index (χ2n) is 0.712. The van der Waals surface area contributed by atoms with Crippen molar-refractivity contribution in [2.75, 3.05) is 0 Å². The summed E-state index contributed by atoms with van der Waals surface area (Å²) in [5.41, 5.74) is 0. The minimum Gasteiger partial charge on any atom is -0.332 e. The number of nitrogens with zero attached hydrogens (tertiary/aromatic N) is 2. The molecule has 5 heavy (non-hydrogen) atoms. The standard InChI is InChI=1S/C2H2BN2/c1-3-5-2-4-1/h1-2H. The van der Waals surface area contributed by atoms with Gasteiger partial charge in [-0.15, -0.1) is 0 Å². The van der Waals surface area contributed by atoms with Gasteiger partial charge in [-0.3, -0.25) is 4.99 Å². The van der Waals surface area contributed by atoms with Crippen LogP contribution in [-0.2, 0) is 0 Å². The second kappa shape index (κ2) is 1.01. The molecule has 0 aromatic carbocycles. The van der Waals surface area contributed by atoms with E-state index in [1.807, 2.05) is 0 Å². The molecule has 0 atom stereocenters. The first-order valence-corrected chi connectivity index (χ1v) is 1.37. The van der Waals surface area contributed by atoms with Gasteiger partial charge in [0.15, 0.2) is 0 Å². The molecule has 0 N–H and O–H groups in total. The van der Waals surface area contributed by atoms with Gasteiger partial charge in [-0.25, -0.2) is 0 Å². The van der Waals surface area contributed by atoms with Crippen LogP contribution in [0.1, 0.15) is 0 Å². The van der Waals surface area contributed by atoms with Crippen LogP contribution in [0.15, 0.2) is 9.90 Å². The fourth-order valence-electron chi connectivity index (χ4n) is 0.192. The molecule has 1 aliphatic rings. The zero-order valence-electron chi connectivity index (χ0n) is 2.63. The maximum absolute atomic E-state index is 3.61.